The van der Waals surface area contributed by atoms with E-state index in [0.29, 0.717) is 30.2 Å². The van der Waals surface area contributed by atoms with E-state index in [9.17, 15) is 9.90 Å². The van der Waals surface area contributed by atoms with Gasteiger partial charge in [-0.1, -0.05) is 29.9 Å². The van der Waals surface area contributed by atoms with Gasteiger partial charge < -0.3 is 25.6 Å². The first-order valence-corrected chi connectivity index (χ1v) is 9.86. The van der Waals surface area contributed by atoms with Crippen LogP contribution in [0.2, 0.25) is 0 Å². The van der Waals surface area contributed by atoms with Crippen molar-refractivity contribution in [3.8, 4) is 17.2 Å². The minimum Gasteiger partial charge on any atom is -0.508 e. The van der Waals surface area contributed by atoms with Crippen molar-refractivity contribution in [2.75, 3.05) is 25.6 Å². The Kier molecular flexibility index (Phi) is 8.50. The van der Waals surface area contributed by atoms with Crippen LogP contribution in [0.5, 0.6) is 17.2 Å². The van der Waals surface area contributed by atoms with Crippen molar-refractivity contribution in [2.24, 2.45) is 5.73 Å². The molecule has 0 heterocycles. The fourth-order valence-corrected chi connectivity index (χ4v) is 2.91. The van der Waals surface area contributed by atoms with Gasteiger partial charge in [-0.15, -0.1) is 0 Å². The largest absolute Gasteiger partial charge is 0.508 e. The molecule has 0 saturated heterocycles. The Hall–Kier alpha value is -3.25. The monoisotopic (exact) mass is 410 g/mol. The third kappa shape index (κ3) is 6.39. The second kappa shape index (κ2) is 11.1. The molecular weight excluding hydrogens is 380 g/mol. The van der Waals surface area contributed by atoms with Gasteiger partial charge in [-0.25, -0.2) is 0 Å². The number of nitrogens with two attached hydrogens (primary N) is 1. The Labute approximate surface area is 178 Å². The lowest BCUT2D eigenvalue weighted by atomic mass is 10.00. The second-order valence-corrected chi connectivity index (χ2v) is 6.98. The number of aromatic hydroxyl groups is 1. The van der Waals surface area contributed by atoms with Gasteiger partial charge in [0.15, 0.2) is 0 Å². The van der Waals surface area contributed by atoms with Gasteiger partial charge in [0.1, 0.15) is 17.2 Å². The van der Waals surface area contributed by atoms with E-state index in [1.807, 2.05) is 45.1 Å². The van der Waals surface area contributed by atoms with Crippen LogP contribution in [-0.4, -0.2) is 31.3 Å². The van der Waals surface area contributed by atoms with Crippen LogP contribution in [0.1, 0.15) is 37.5 Å². The predicted molar refractivity (Wildman–Crippen MR) is 122 cm³/mol. The maximum absolute atomic E-state index is 11.6. The van der Waals surface area contributed by atoms with Crippen LogP contribution in [-0.2, 0) is 11.2 Å². The number of hydrogen-bond acceptors (Lipinski definition) is 5. The fraction of sp³-hybridized carbons (Fsp3) is 0.292. The minimum absolute atomic E-state index is 0.0983. The fourth-order valence-electron chi connectivity index (χ4n) is 2.91. The zero-order valence-electron chi connectivity index (χ0n) is 18.0. The number of phenolic OH excluding ortho intramolecular Hbond substituents is 1. The molecule has 6 heteroatoms. The molecule has 160 valence electrons. The highest BCUT2D eigenvalue weighted by atomic mass is 16.5. The number of nitrogens with one attached hydrogen (secondary N) is 1. The van der Waals surface area contributed by atoms with Gasteiger partial charge >= 0.3 is 0 Å². The van der Waals surface area contributed by atoms with Crippen molar-refractivity contribution < 1.29 is 19.4 Å². The molecule has 0 aliphatic rings. The summed E-state index contributed by atoms with van der Waals surface area (Å²) in [6.07, 6.45) is 6.69. The van der Waals surface area contributed by atoms with Crippen molar-refractivity contribution in [3.05, 3.63) is 58.7 Å². The zero-order valence-corrected chi connectivity index (χ0v) is 18.0. The molecular formula is C24H30N2O4. The first kappa shape index (κ1) is 23.0. The molecule has 2 aromatic carbocycles. The van der Waals surface area contributed by atoms with Crippen molar-refractivity contribution in [1.29, 1.82) is 0 Å². The smallest absolute Gasteiger partial charge is 0.238 e. The van der Waals surface area contributed by atoms with E-state index in [2.05, 4.69) is 11.4 Å². The number of ether oxygens (including phenoxy) is 2. The number of methoxy groups -OCH3 is 1. The van der Waals surface area contributed by atoms with Crippen LogP contribution in [0.4, 0.5) is 5.69 Å². The molecule has 4 N–H and O–H groups in total. The average Bonchev–Trinajstić information content (AvgIpc) is 2.72. The van der Waals surface area contributed by atoms with Crippen LogP contribution in [0.15, 0.2) is 42.0 Å². The first-order chi connectivity index (χ1) is 14.4. The quantitative estimate of drug-likeness (QED) is 0.421. The Balaban J connectivity index is 2.40. The van der Waals surface area contributed by atoms with Crippen molar-refractivity contribution in [2.45, 2.75) is 27.2 Å². The van der Waals surface area contributed by atoms with Gasteiger partial charge in [-0.05, 0) is 56.5 Å². The molecule has 2 rings (SSSR count). The summed E-state index contributed by atoms with van der Waals surface area (Å²) in [5.41, 5.74) is 9.88. The highest BCUT2D eigenvalue weighted by Gasteiger charge is 2.11. The normalized spacial score (nSPS) is 10.7. The standard InChI is InChI=1S/C24H30N2O4/c1-5-30-22-14-19(27)13-18(20(22)10-6-16(2)3)9-7-17-8-11-21(23(12-17)29-4)26-24(28)15-25/h6-9,11-14,27H,5,10,15,25H2,1-4H3,(H,26,28)/b9-7+. The van der Waals surface area contributed by atoms with E-state index in [1.165, 1.54) is 5.57 Å². The summed E-state index contributed by atoms with van der Waals surface area (Å²) in [7, 11) is 1.54. The summed E-state index contributed by atoms with van der Waals surface area (Å²) >= 11 is 0. The Morgan fingerprint density at radius 3 is 2.57 bits per heavy atom. The topological polar surface area (TPSA) is 93.8 Å². The minimum atomic E-state index is -0.288. The van der Waals surface area contributed by atoms with Crippen LogP contribution < -0.4 is 20.5 Å². The Morgan fingerprint density at radius 2 is 1.93 bits per heavy atom. The van der Waals surface area contributed by atoms with Crippen molar-refractivity contribution in [3.63, 3.8) is 0 Å². The second-order valence-electron chi connectivity index (χ2n) is 6.98. The third-order valence-electron chi connectivity index (χ3n) is 4.38. The molecule has 0 unspecified atom stereocenters. The summed E-state index contributed by atoms with van der Waals surface area (Å²) in [6, 6.07) is 8.83. The summed E-state index contributed by atoms with van der Waals surface area (Å²) < 4.78 is 11.1. The summed E-state index contributed by atoms with van der Waals surface area (Å²) in [6.45, 7) is 6.43. The molecule has 0 atom stereocenters. The SMILES string of the molecule is CCOc1cc(O)cc(/C=C/c2ccc(NC(=O)CN)c(OC)c2)c1CC=C(C)C. The van der Waals surface area contributed by atoms with E-state index in [0.717, 1.165) is 16.7 Å². The number of rotatable bonds is 9. The maximum Gasteiger partial charge on any atom is 0.238 e. The molecule has 1 amide bonds. The predicted octanol–water partition coefficient (Wildman–Crippen LogP) is 4.38. The lowest BCUT2D eigenvalue weighted by molar-refractivity contribution is -0.114. The van der Waals surface area contributed by atoms with Crippen LogP contribution in [0.3, 0.4) is 0 Å². The molecule has 0 bridgehead atoms. The van der Waals surface area contributed by atoms with Gasteiger partial charge in [0, 0.05) is 11.6 Å². The molecule has 0 aliphatic carbocycles. The van der Waals surface area contributed by atoms with Gasteiger partial charge in [0.05, 0.1) is 25.9 Å². The highest BCUT2D eigenvalue weighted by molar-refractivity contribution is 5.93. The van der Waals surface area contributed by atoms with Gasteiger partial charge in [-0.3, -0.25) is 4.79 Å². The van der Waals surface area contributed by atoms with E-state index < -0.39 is 0 Å². The van der Waals surface area contributed by atoms with Gasteiger partial charge in [-0.2, -0.15) is 0 Å². The number of carbonyl (C=O) groups excluding carboxylic acids is 1. The van der Waals surface area contributed by atoms with E-state index in [4.69, 9.17) is 15.2 Å². The lowest BCUT2D eigenvalue weighted by Gasteiger charge is -2.13. The number of benzene rings is 2. The lowest BCUT2D eigenvalue weighted by Crippen LogP contribution is -2.22. The number of allylic oxidation sites excluding steroid dienone is 2. The molecule has 0 saturated carbocycles. The zero-order chi connectivity index (χ0) is 22.1. The summed E-state index contributed by atoms with van der Waals surface area (Å²) in [5, 5.41) is 12.9. The molecule has 0 fully saturated rings. The molecule has 0 radical (unpaired) electrons. The molecule has 0 spiro atoms. The maximum atomic E-state index is 11.6. The summed E-state index contributed by atoms with van der Waals surface area (Å²) in [5.74, 6) is 1.07. The van der Waals surface area contributed by atoms with E-state index in [1.54, 1.807) is 25.3 Å². The Morgan fingerprint density at radius 1 is 1.17 bits per heavy atom. The number of hydrogen-bond donors (Lipinski definition) is 3. The van der Waals surface area contributed by atoms with Crippen molar-refractivity contribution in [1.82, 2.24) is 0 Å². The average molecular weight is 411 g/mol. The molecule has 6 nitrogen and oxygen atoms in total. The van der Waals surface area contributed by atoms with E-state index in [-0.39, 0.29) is 18.2 Å². The Bertz CT molecular complexity index is 944. The third-order valence-corrected chi connectivity index (χ3v) is 4.38. The van der Waals surface area contributed by atoms with Crippen LogP contribution >= 0.6 is 0 Å². The first-order valence-electron chi connectivity index (χ1n) is 9.86. The number of phenols is 1. The molecule has 0 aliphatic heterocycles. The van der Waals surface area contributed by atoms with Gasteiger partial charge in [0.25, 0.3) is 0 Å². The molecule has 0 aromatic heterocycles. The molecule has 2 aromatic rings. The van der Waals surface area contributed by atoms with Crippen LogP contribution in [0.25, 0.3) is 12.2 Å². The van der Waals surface area contributed by atoms with Crippen LogP contribution in [0, 0.1) is 0 Å². The summed E-state index contributed by atoms with van der Waals surface area (Å²) in [4.78, 5) is 11.6. The van der Waals surface area contributed by atoms with Gasteiger partial charge in [0.2, 0.25) is 5.91 Å². The highest BCUT2D eigenvalue weighted by Crippen LogP contribution is 2.32. The number of amides is 1. The van der Waals surface area contributed by atoms with E-state index >= 15 is 0 Å². The molecule has 30 heavy (non-hydrogen) atoms. The van der Waals surface area contributed by atoms with Crippen molar-refractivity contribution >= 4 is 23.7 Å². The number of anilines is 1. The number of carbonyl (C=O) groups is 1.